The van der Waals surface area contributed by atoms with Crippen LogP contribution in [0.15, 0.2) is 24.3 Å². The normalized spacial score (nSPS) is 14.9. The summed E-state index contributed by atoms with van der Waals surface area (Å²) in [5.74, 6) is 0.110. The van der Waals surface area contributed by atoms with Crippen LogP contribution in [0.2, 0.25) is 0 Å². The molecule has 21 heavy (non-hydrogen) atoms. The van der Waals surface area contributed by atoms with Gasteiger partial charge in [0.2, 0.25) is 0 Å². The fraction of sp³-hybridized carbons (Fsp3) is 0.438. The number of amides is 1. The van der Waals surface area contributed by atoms with Crippen molar-refractivity contribution in [2.45, 2.75) is 26.4 Å². The van der Waals surface area contributed by atoms with E-state index in [1.54, 1.807) is 12.1 Å². The van der Waals surface area contributed by atoms with Crippen LogP contribution in [-0.2, 0) is 4.74 Å². The Bertz CT molecular complexity index is 575. The van der Waals surface area contributed by atoms with Crippen molar-refractivity contribution < 1.29 is 18.7 Å². The summed E-state index contributed by atoms with van der Waals surface area (Å²) in [6.07, 6.45) is 1.43. The van der Waals surface area contributed by atoms with Gasteiger partial charge >= 0.3 is 6.09 Å². The maximum atomic E-state index is 14.0. The Morgan fingerprint density at radius 2 is 2.05 bits per heavy atom. The first-order valence-corrected chi connectivity index (χ1v) is 6.81. The van der Waals surface area contributed by atoms with E-state index >= 15 is 0 Å². The molecule has 5 heteroatoms. The Balaban J connectivity index is 2.14. The first-order valence-electron chi connectivity index (χ1n) is 6.81. The SMILES string of the molecule is COc1cccc(F)c1C1=CCN(C(=O)OC(C)(C)C)C1. The highest BCUT2D eigenvalue weighted by Gasteiger charge is 2.27. The van der Waals surface area contributed by atoms with Crippen molar-refractivity contribution in [3.63, 3.8) is 0 Å². The lowest BCUT2D eigenvalue weighted by molar-refractivity contribution is 0.0306. The van der Waals surface area contributed by atoms with E-state index in [0.29, 0.717) is 24.4 Å². The lowest BCUT2D eigenvalue weighted by Crippen LogP contribution is -2.35. The number of hydrogen-bond acceptors (Lipinski definition) is 3. The molecule has 0 atom stereocenters. The van der Waals surface area contributed by atoms with Gasteiger partial charge in [0.25, 0.3) is 0 Å². The zero-order valence-corrected chi connectivity index (χ0v) is 12.8. The van der Waals surface area contributed by atoms with Gasteiger partial charge in [-0.25, -0.2) is 9.18 Å². The lowest BCUT2D eigenvalue weighted by atomic mass is 10.1. The molecule has 1 aliphatic rings. The van der Waals surface area contributed by atoms with Gasteiger partial charge in [-0.3, -0.25) is 0 Å². The molecule has 0 radical (unpaired) electrons. The first-order chi connectivity index (χ1) is 9.81. The second kappa shape index (κ2) is 5.76. The van der Waals surface area contributed by atoms with Crippen LogP contribution < -0.4 is 4.74 Å². The fourth-order valence-electron chi connectivity index (χ4n) is 2.19. The van der Waals surface area contributed by atoms with Gasteiger partial charge in [-0.05, 0) is 38.5 Å². The molecular formula is C16H20FNO3. The standard InChI is InChI=1S/C16H20FNO3/c1-16(2,3)21-15(19)18-9-8-11(10-18)14-12(17)6-5-7-13(14)20-4/h5-8H,9-10H2,1-4H3. The Morgan fingerprint density at radius 3 is 2.67 bits per heavy atom. The average molecular weight is 293 g/mol. The Labute approximate surface area is 124 Å². The van der Waals surface area contributed by atoms with Crippen LogP contribution in [0.5, 0.6) is 5.75 Å². The van der Waals surface area contributed by atoms with Crippen molar-refractivity contribution in [3.05, 3.63) is 35.7 Å². The monoisotopic (exact) mass is 293 g/mol. The number of carbonyl (C=O) groups is 1. The number of rotatable bonds is 2. The minimum Gasteiger partial charge on any atom is -0.496 e. The molecule has 0 fully saturated rings. The highest BCUT2D eigenvalue weighted by Crippen LogP contribution is 2.32. The van der Waals surface area contributed by atoms with Crippen molar-refractivity contribution in [2.75, 3.05) is 20.2 Å². The molecule has 1 aromatic carbocycles. The van der Waals surface area contributed by atoms with Gasteiger partial charge in [0.1, 0.15) is 17.2 Å². The maximum Gasteiger partial charge on any atom is 0.410 e. The topological polar surface area (TPSA) is 38.8 Å². The summed E-state index contributed by atoms with van der Waals surface area (Å²) < 4.78 is 24.6. The van der Waals surface area contributed by atoms with E-state index in [0.717, 1.165) is 5.57 Å². The van der Waals surface area contributed by atoms with Gasteiger partial charge in [0, 0.05) is 13.1 Å². The summed E-state index contributed by atoms with van der Waals surface area (Å²) in [6.45, 7) is 6.16. The molecule has 0 spiro atoms. The molecular weight excluding hydrogens is 273 g/mol. The second-order valence-electron chi connectivity index (χ2n) is 5.91. The van der Waals surface area contributed by atoms with Gasteiger partial charge in [0.15, 0.2) is 0 Å². The van der Waals surface area contributed by atoms with Crippen LogP contribution in [0.1, 0.15) is 26.3 Å². The van der Waals surface area contributed by atoms with E-state index < -0.39 is 11.7 Å². The molecule has 0 saturated carbocycles. The van der Waals surface area contributed by atoms with Gasteiger partial charge in [-0.1, -0.05) is 12.1 Å². The van der Waals surface area contributed by atoms with Crippen LogP contribution in [-0.4, -0.2) is 36.8 Å². The van der Waals surface area contributed by atoms with E-state index in [-0.39, 0.29) is 5.82 Å². The van der Waals surface area contributed by atoms with Crippen molar-refractivity contribution in [3.8, 4) is 5.75 Å². The second-order valence-corrected chi connectivity index (χ2v) is 5.91. The first kappa shape index (κ1) is 15.4. The molecule has 2 rings (SSSR count). The van der Waals surface area contributed by atoms with Gasteiger partial charge in [0.05, 0.1) is 12.7 Å². The molecule has 1 amide bonds. The third kappa shape index (κ3) is 3.54. The largest absolute Gasteiger partial charge is 0.496 e. The number of halogens is 1. The van der Waals surface area contributed by atoms with Crippen molar-refractivity contribution >= 4 is 11.7 Å². The molecule has 1 aromatic rings. The minimum absolute atomic E-state index is 0.312. The minimum atomic E-state index is -0.546. The molecule has 0 bridgehead atoms. The maximum absolute atomic E-state index is 14.0. The van der Waals surface area contributed by atoms with Crippen LogP contribution in [0.4, 0.5) is 9.18 Å². The summed E-state index contributed by atoms with van der Waals surface area (Å²) in [5, 5.41) is 0. The third-order valence-electron chi connectivity index (χ3n) is 3.09. The summed E-state index contributed by atoms with van der Waals surface area (Å²) in [7, 11) is 1.50. The van der Waals surface area contributed by atoms with Gasteiger partial charge < -0.3 is 14.4 Å². The Kier molecular flexibility index (Phi) is 4.21. The fourth-order valence-corrected chi connectivity index (χ4v) is 2.19. The number of methoxy groups -OCH3 is 1. The van der Waals surface area contributed by atoms with Gasteiger partial charge in [-0.2, -0.15) is 0 Å². The number of hydrogen-bond donors (Lipinski definition) is 0. The van der Waals surface area contributed by atoms with Crippen LogP contribution in [0.25, 0.3) is 5.57 Å². The summed E-state index contributed by atoms with van der Waals surface area (Å²) in [4.78, 5) is 13.6. The van der Waals surface area contributed by atoms with E-state index in [9.17, 15) is 9.18 Å². The number of ether oxygens (including phenoxy) is 2. The van der Waals surface area contributed by atoms with Crippen LogP contribution in [0, 0.1) is 5.82 Å². The predicted octanol–water partition coefficient (Wildman–Crippen LogP) is 3.47. The van der Waals surface area contributed by atoms with Gasteiger partial charge in [-0.15, -0.1) is 0 Å². The zero-order chi connectivity index (χ0) is 15.6. The highest BCUT2D eigenvalue weighted by molar-refractivity contribution is 5.79. The smallest absolute Gasteiger partial charge is 0.410 e. The molecule has 0 N–H and O–H groups in total. The number of benzene rings is 1. The van der Waals surface area contributed by atoms with Crippen molar-refractivity contribution in [2.24, 2.45) is 0 Å². The van der Waals surface area contributed by atoms with E-state index in [4.69, 9.17) is 9.47 Å². The lowest BCUT2D eigenvalue weighted by Gasteiger charge is -2.24. The molecule has 1 aliphatic heterocycles. The summed E-state index contributed by atoms with van der Waals surface area (Å²) >= 11 is 0. The summed E-state index contributed by atoms with van der Waals surface area (Å²) in [5.41, 5.74) is 0.595. The van der Waals surface area contributed by atoms with Crippen LogP contribution in [0.3, 0.4) is 0 Å². The number of carbonyl (C=O) groups excluding carboxylic acids is 1. The number of nitrogens with zero attached hydrogens (tertiary/aromatic N) is 1. The van der Waals surface area contributed by atoms with E-state index in [1.165, 1.54) is 18.1 Å². The molecule has 0 unspecified atom stereocenters. The molecule has 114 valence electrons. The van der Waals surface area contributed by atoms with E-state index in [1.807, 2.05) is 26.8 Å². The average Bonchev–Trinajstić information content (AvgIpc) is 2.85. The predicted molar refractivity (Wildman–Crippen MR) is 78.7 cm³/mol. The highest BCUT2D eigenvalue weighted by atomic mass is 19.1. The molecule has 0 aliphatic carbocycles. The Hall–Kier alpha value is -2.04. The molecule has 0 saturated heterocycles. The quantitative estimate of drug-likeness (QED) is 0.838. The van der Waals surface area contributed by atoms with Crippen molar-refractivity contribution in [1.29, 1.82) is 0 Å². The third-order valence-corrected chi connectivity index (χ3v) is 3.09. The molecule has 1 heterocycles. The molecule has 4 nitrogen and oxygen atoms in total. The zero-order valence-electron chi connectivity index (χ0n) is 12.8. The summed E-state index contributed by atoms with van der Waals surface area (Å²) in [6, 6.07) is 4.68. The van der Waals surface area contributed by atoms with E-state index in [2.05, 4.69) is 0 Å². The van der Waals surface area contributed by atoms with Crippen LogP contribution >= 0.6 is 0 Å². The Morgan fingerprint density at radius 1 is 1.33 bits per heavy atom. The molecule has 0 aromatic heterocycles. The van der Waals surface area contributed by atoms with Crippen molar-refractivity contribution in [1.82, 2.24) is 4.90 Å².